The molecule has 28 heavy (non-hydrogen) atoms. The minimum absolute atomic E-state index is 0.0477. The molecule has 152 valence electrons. The number of carbonyl (C=O) groups excluding carboxylic acids is 1. The molecular formula is C23H32N2O3. The highest BCUT2D eigenvalue weighted by Crippen LogP contribution is 2.24. The molecule has 2 aromatic carbocycles. The second-order valence-electron chi connectivity index (χ2n) is 6.75. The van der Waals surface area contributed by atoms with Gasteiger partial charge in [0.1, 0.15) is 17.2 Å². The number of nitrogens with one attached hydrogen (secondary N) is 1. The number of amides is 1. The van der Waals surface area contributed by atoms with Crippen molar-refractivity contribution < 1.29 is 14.3 Å². The Labute approximate surface area is 168 Å². The smallest absolute Gasteiger partial charge is 0.251 e. The molecule has 0 saturated carbocycles. The number of hydrogen-bond acceptors (Lipinski definition) is 4. The molecule has 0 saturated heterocycles. The van der Waals surface area contributed by atoms with Crippen molar-refractivity contribution in [3.05, 3.63) is 54.1 Å². The number of methoxy groups -OCH3 is 1. The summed E-state index contributed by atoms with van der Waals surface area (Å²) in [5.74, 6) is 2.15. The maximum atomic E-state index is 12.3. The minimum Gasteiger partial charge on any atom is -0.497 e. The van der Waals surface area contributed by atoms with Crippen molar-refractivity contribution in [2.45, 2.75) is 33.1 Å². The Morgan fingerprint density at radius 2 is 1.39 bits per heavy atom. The summed E-state index contributed by atoms with van der Waals surface area (Å²) >= 11 is 0. The molecule has 0 aliphatic rings. The van der Waals surface area contributed by atoms with Gasteiger partial charge in [-0.15, -0.1) is 0 Å². The van der Waals surface area contributed by atoms with Gasteiger partial charge in [0.2, 0.25) is 0 Å². The summed E-state index contributed by atoms with van der Waals surface area (Å²) in [6.07, 6.45) is 3.29. The maximum absolute atomic E-state index is 12.3. The van der Waals surface area contributed by atoms with Crippen LogP contribution >= 0.6 is 0 Å². The number of carbonyl (C=O) groups is 1. The number of ether oxygens (including phenoxy) is 2. The standard InChI is InChI=1S/C23H32N2O3/c1-4-16-25(17-5-2)18-6-15-24-23(26)19-7-9-21(10-8-19)28-22-13-11-20(27-3)12-14-22/h7-14H,4-6,15-18H2,1-3H3,(H,24,26). The lowest BCUT2D eigenvalue weighted by Gasteiger charge is -2.20. The van der Waals surface area contributed by atoms with Crippen molar-refractivity contribution in [3.8, 4) is 17.2 Å². The van der Waals surface area contributed by atoms with Crippen molar-refractivity contribution in [1.29, 1.82) is 0 Å². The fourth-order valence-electron chi connectivity index (χ4n) is 3.03. The zero-order chi connectivity index (χ0) is 20.2. The van der Waals surface area contributed by atoms with Gasteiger partial charge in [0.05, 0.1) is 7.11 Å². The quantitative estimate of drug-likeness (QED) is 0.538. The molecule has 0 heterocycles. The van der Waals surface area contributed by atoms with Crippen LogP contribution in [-0.4, -0.2) is 44.1 Å². The van der Waals surface area contributed by atoms with E-state index in [0.29, 0.717) is 17.9 Å². The molecule has 2 aromatic rings. The Bertz CT molecular complexity index is 693. The zero-order valence-electron chi connectivity index (χ0n) is 17.2. The molecule has 0 spiro atoms. The minimum atomic E-state index is -0.0477. The molecule has 5 heteroatoms. The van der Waals surface area contributed by atoms with Gasteiger partial charge < -0.3 is 19.7 Å². The van der Waals surface area contributed by atoms with Crippen LogP contribution in [-0.2, 0) is 0 Å². The SMILES string of the molecule is CCCN(CCC)CCCNC(=O)c1ccc(Oc2ccc(OC)cc2)cc1. The first-order valence-corrected chi connectivity index (χ1v) is 10.1. The highest BCUT2D eigenvalue weighted by Gasteiger charge is 2.07. The molecule has 0 radical (unpaired) electrons. The lowest BCUT2D eigenvalue weighted by Crippen LogP contribution is -2.31. The Kier molecular flexibility index (Phi) is 9.35. The molecule has 0 fully saturated rings. The molecule has 0 aromatic heterocycles. The van der Waals surface area contributed by atoms with Crippen molar-refractivity contribution in [1.82, 2.24) is 10.2 Å². The topological polar surface area (TPSA) is 50.8 Å². The van der Waals surface area contributed by atoms with E-state index in [0.717, 1.165) is 50.4 Å². The van der Waals surface area contributed by atoms with E-state index in [9.17, 15) is 4.79 Å². The highest BCUT2D eigenvalue weighted by atomic mass is 16.5. The average molecular weight is 385 g/mol. The molecule has 1 amide bonds. The average Bonchev–Trinajstić information content (AvgIpc) is 2.72. The third kappa shape index (κ3) is 7.24. The largest absolute Gasteiger partial charge is 0.497 e. The van der Waals surface area contributed by atoms with Crippen LogP contribution in [0.2, 0.25) is 0 Å². The van der Waals surface area contributed by atoms with Crippen LogP contribution in [0.15, 0.2) is 48.5 Å². The van der Waals surface area contributed by atoms with Gasteiger partial charge in [-0.3, -0.25) is 4.79 Å². The summed E-state index contributed by atoms with van der Waals surface area (Å²) in [6.45, 7) is 8.36. The molecule has 0 atom stereocenters. The van der Waals surface area contributed by atoms with Gasteiger partial charge in [-0.1, -0.05) is 13.8 Å². The molecule has 2 rings (SSSR count). The van der Waals surface area contributed by atoms with Crippen molar-refractivity contribution in [2.24, 2.45) is 0 Å². The van der Waals surface area contributed by atoms with E-state index in [1.165, 1.54) is 0 Å². The molecule has 5 nitrogen and oxygen atoms in total. The normalized spacial score (nSPS) is 10.7. The zero-order valence-corrected chi connectivity index (χ0v) is 17.2. The van der Waals surface area contributed by atoms with Crippen molar-refractivity contribution >= 4 is 5.91 Å². The summed E-state index contributed by atoms with van der Waals surface area (Å²) in [5.41, 5.74) is 0.640. The first-order chi connectivity index (χ1) is 13.7. The lowest BCUT2D eigenvalue weighted by molar-refractivity contribution is 0.0951. The van der Waals surface area contributed by atoms with Crippen LogP contribution in [0.25, 0.3) is 0 Å². The fraction of sp³-hybridized carbons (Fsp3) is 0.435. The number of hydrogen-bond donors (Lipinski definition) is 1. The fourth-order valence-corrected chi connectivity index (χ4v) is 3.03. The second kappa shape index (κ2) is 12.0. The molecular weight excluding hydrogens is 352 g/mol. The van der Waals surface area contributed by atoms with Gasteiger partial charge in [0.15, 0.2) is 0 Å². The van der Waals surface area contributed by atoms with Crippen molar-refractivity contribution in [3.63, 3.8) is 0 Å². The first kappa shape index (κ1) is 21.8. The van der Waals surface area contributed by atoms with E-state index in [1.807, 2.05) is 36.4 Å². The Morgan fingerprint density at radius 3 is 1.93 bits per heavy atom. The summed E-state index contributed by atoms with van der Waals surface area (Å²) in [4.78, 5) is 14.8. The summed E-state index contributed by atoms with van der Waals surface area (Å²) in [5, 5.41) is 3.00. The summed E-state index contributed by atoms with van der Waals surface area (Å²) < 4.78 is 10.9. The summed E-state index contributed by atoms with van der Waals surface area (Å²) in [7, 11) is 1.63. The van der Waals surface area contributed by atoms with E-state index < -0.39 is 0 Å². The number of rotatable bonds is 12. The predicted molar refractivity (Wildman–Crippen MR) is 113 cm³/mol. The Morgan fingerprint density at radius 1 is 0.857 bits per heavy atom. The predicted octanol–water partition coefficient (Wildman–Crippen LogP) is 4.73. The van der Waals surface area contributed by atoms with E-state index in [1.54, 1.807) is 19.2 Å². The van der Waals surface area contributed by atoms with Crippen LogP contribution in [0.5, 0.6) is 17.2 Å². The van der Waals surface area contributed by atoms with Gasteiger partial charge >= 0.3 is 0 Å². The molecule has 0 unspecified atom stereocenters. The maximum Gasteiger partial charge on any atom is 0.251 e. The van der Waals surface area contributed by atoms with Crippen LogP contribution in [0.1, 0.15) is 43.5 Å². The molecule has 0 aliphatic heterocycles. The molecule has 0 aliphatic carbocycles. The number of benzene rings is 2. The lowest BCUT2D eigenvalue weighted by atomic mass is 10.2. The van der Waals surface area contributed by atoms with Crippen LogP contribution in [0.4, 0.5) is 0 Å². The van der Waals surface area contributed by atoms with Crippen molar-refractivity contribution in [2.75, 3.05) is 33.3 Å². The van der Waals surface area contributed by atoms with Gasteiger partial charge in [-0.2, -0.15) is 0 Å². The summed E-state index contributed by atoms with van der Waals surface area (Å²) in [6, 6.07) is 14.6. The van der Waals surface area contributed by atoms with Crippen LogP contribution < -0.4 is 14.8 Å². The van der Waals surface area contributed by atoms with E-state index >= 15 is 0 Å². The number of nitrogens with zero attached hydrogens (tertiary/aromatic N) is 1. The third-order valence-electron chi connectivity index (χ3n) is 4.43. The molecule has 0 bridgehead atoms. The monoisotopic (exact) mass is 384 g/mol. The molecule has 1 N–H and O–H groups in total. The first-order valence-electron chi connectivity index (χ1n) is 10.1. The van der Waals surface area contributed by atoms with Crippen LogP contribution in [0, 0.1) is 0 Å². The van der Waals surface area contributed by atoms with Gasteiger partial charge in [-0.25, -0.2) is 0 Å². The van der Waals surface area contributed by atoms with Crippen LogP contribution in [0.3, 0.4) is 0 Å². The third-order valence-corrected chi connectivity index (χ3v) is 4.43. The van der Waals surface area contributed by atoms with Gasteiger partial charge in [0, 0.05) is 12.1 Å². The van der Waals surface area contributed by atoms with E-state index in [2.05, 4.69) is 24.1 Å². The van der Waals surface area contributed by atoms with Gasteiger partial charge in [0.25, 0.3) is 5.91 Å². The van der Waals surface area contributed by atoms with E-state index in [-0.39, 0.29) is 5.91 Å². The highest BCUT2D eigenvalue weighted by molar-refractivity contribution is 5.94. The van der Waals surface area contributed by atoms with E-state index in [4.69, 9.17) is 9.47 Å². The Balaban J connectivity index is 1.77. The van der Waals surface area contributed by atoms with Gasteiger partial charge in [-0.05, 0) is 87.4 Å². The Hall–Kier alpha value is -2.53. The second-order valence-corrected chi connectivity index (χ2v) is 6.75.